The maximum absolute atomic E-state index is 2.53. The monoisotopic (exact) mass is 238 g/mol. The third-order valence-electron chi connectivity index (χ3n) is 5.79. The molecule has 0 N–H and O–H groups in total. The second-order valence-electron chi connectivity index (χ2n) is 6.64. The summed E-state index contributed by atoms with van der Waals surface area (Å²) in [5.74, 6) is 1.80. The van der Waals surface area contributed by atoms with E-state index >= 15 is 0 Å². The average molecular weight is 238 g/mol. The Bertz CT molecular complexity index is 511. The van der Waals surface area contributed by atoms with Crippen LogP contribution in [-0.2, 0) is 19.3 Å². The highest BCUT2D eigenvalue weighted by atomic mass is 14.5. The van der Waals surface area contributed by atoms with Gasteiger partial charge in [-0.1, -0.05) is 37.3 Å². The van der Waals surface area contributed by atoms with E-state index in [2.05, 4.69) is 37.3 Å². The molecule has 94 valence electrons. The van der Waals surface area contributed by atoms with Gasteiger partial charge in [-0.05, 0) is 72.5 Å². The molecule has 0 nitrogen and oxygen atoms in total. The minimum absolute atomic E-state index is 0.638. The van der Waals surface area contributed by atoms with E-state index in [0.717, 1.165) is 11.8 Å². The van der Waals surface area contributed by atoms with Crippen LogP contribution < -0.4 is 0 Å². The smallest absolute Gasteiger partial charge is 0.0168 e. The van der Waals surface area contributed by atoms with Crippen LogP contribution in [-0.4, -0.2) is 0 Å². The van der Waals surface area contributed by atoms with E-state index in [1.807, 2.05) is 0 Å². The van der Waals surface area contributed by atoms with E-state index in [0.29, 0.717) is 5.41 Å². The molecule has 3 unspecified atom stereocenters. The molecule has 4 rings (SSSR count). The predicted octanol–water partition coefficient (Wildman–Crippen LogP) is 4.32. The molecule has 1 spiro atoms. The van der Waals surface area contributed by atoms with Gasteiger partial charge in [0.1, 0.15) is 0 Å². The summed E-state index contributed by atoms with van der Waals surface area (Å²) >= 11 is 0. The molecule has 3 atom stereocenters. The molecular formula is C18H22. The first-order chi connectivity index (χ1) is 8.81. The number of aryl methyl sites for hydroxylation is 1. The molecule has 1 fully saturated rings. The standard InChI is InChI=1S/C18H22/c1-2-14-4-3-5-15-12-18(9-8-17(14)15)11-13-6-7-16(18)10-13/h3-7,13,16H,2,8-12H2,1H3. The number of fused-ring (bicyclic) bond motifs is 4. The summed E-state index contributed by atoms with van der Waals surface area (Å²) in [7, 11) is 0. The normalized spacial score (nSPS) is 36.3. The molecule has 0 aromatic heterocycles. The van der Waals surface area contributed by atoms with Crippen LogP contribution >= 0.6 is 0 Å². The van der Waals surface area contributed by atoms with Gasteiger partial charge >= 0.3 is 0 Å². The Labute approximate surface area is 110 Å². The van der Waals surface area contributed by atoms with Crippen molar-refractivity contribution in [3.8, 4) is 0 Å². The second kappa shape index (κ2) is 3.73. The lowest BCUT2D eigenvalue weighted by molar-refractivity contribution is 0.194. The van der Waals surface area contributed by atoms with Gasteiger partial charge in [-0.15, -0.1) is 0 Å². The van der Waals surface area contributed by atoms with Crippen molar-refractivity contribution in [2.75, 3.05) is 0 Å². The van der Waals surface area contributed by atoms with E-state index in [1.54, 1.807) is 16.7 Å². The number of hydrogen-bond donors (Lipinski definition) is 0. The van der Waals surface area contributed by atoms with Crippen molar-refractivity contribution in [3.63, 3.8) is 0 Å². The largest absolute Gasteiger partial charge is 0.0851 e. The Hall–Kier alpha value is -1.04. The third-order valence-corrected chi connectivity index (χ3v) is 5.79. The molecule has 1 aromatic rings. The summed E-state index contributed by atoms with van der Waals surface area (Å²) < 4.78 is 0. The first-order valence-electron chi connectivity index (χ1n) is 7.59. The first kappa shape index (κ1) is 10.8. The number of benzene rings is 1. The predicted molar refractivity (Wildman–Crippen MR) is 75.6 cm³/mol. The first-order valence-corrected chi connectivity index (χ1v) is 7.59. The number of allylic oxidation sites excluding steroid dienone is 2. The molecule has 1 aromatic carbocycles. The molecule has 0 saturated heterocycles. The summed E-state index contributed by atoms with van der Waals surface area (Å²) in [4.78, 5) is 0. The lowest BCUT2D eigenvalue weighted by Gasteiger charge is -2.40. The van der Waals surface area contributed by atoms with Gasteiger partial charge in [0.05, 0.1) is 0 Å². The van der Waals surface area contributed by atoms with Crippen LogP contribution in [0.3, 0.4) is 0 Å². The summed E-state index contributed by atoms with van der Waals surface area (Å²) in [5.41, 5.74) is 5.60. The van der Waals surface area contributed by atoms with Gasteiger partial charge in [0.15, 0.2) is 0 Å². The lowest BCUT2D eigenvalue weighted by atomic mass is 9.64. The van der Waals surface area contributed by atoms with E-state index < -0.39 is 0 Å². The minimum atomic E-state index is 0.638. The quantitative estimate of drug-likeness (QED) is 0.639. The van der Waals surface area contributed by atoms with Crippen molar-refractivity contribution in [2.45, 2.75) is 45.4 Å². The van der Waals surface area contributed by atoms with Crippen molar-refractivity contribution < 1.29 is 0 Å². The lowest BCUT2D eigenvalue weighted by Crippen LogP contribution is -2.33. The van der Waals surface area contributed by atoms with Gasteiger partial charge in [-0.25, -0.2) is 0 Å². The molecule has 1 saturated carbocycles. The fourth-order valence-corrected chi connectivity index (χ4v) is 4.89. The molecule has 0 heterocycles. The van der Waals surface area contributed by atoms with Gasteiger partial charge in [0.25, 0.3) is 0 Å². The van der Waals surface area contributed by atoms with Gasteiger partial charge in [-0.2, -0.15) is 0 Å². The Morgan fingerprint density at radius 2 is 2.22 bits per heavy atom. The fraction of sp³-hybridized carbons (Fsp3) is 0.556. The van der Waals surface area contributed by atoms with Crippen LogP contribution in [0.4, 0.5) is 0 Å². The average Bonchev–Trinajstić information content (AvgIpc) is 2.98. The van der Waals surface area contributed by atoms with Crippen molar-refractivity contribution >= 4 is 0 Å². The molecule has 2 bridgehead atoms. The van der Waals surface area contributed by atoms with E-state index in [-0.39, 0.29) is 0 Å². The molecule has 0 heteroatoms. The Morgan fingerprint density at radius 1 is 1.28 bits per heavy atom. The van der Waals surface area contributed by atoms with Crippen molar-refractivity contribution in [3.05, 3.63) is 47.0 Å². The summed E-state index contributed by atoms with van der Waals surface area (Å²) in [6.45, 7) is 2.29. The zero-order valence-electron chi connectivity index (χ0n) is 11.3. The minimum Gasteiger partial charge on any atom is -0.0851 e. The molecule has 18 heavy (non-hydrogen) atoms. The van der Waals surface area contributed by atoms with Crippen LogP contribution in [0.15, 0.2) is 30.4 Å². The van der Waals surface area contributed by atoms with Gasteiger partial charge in [-0.3, -0.25) is 0 Å². The summed E-state index contributed by atoms with van der Waals surface area (Å²) in [5, 5.41) is 0. The zero-order chi connectivity index (χ0) is 12.2. The van der Waals surface area contributed by atoms with Crippen LogP contribution in [0.25, 0.3) is 0 Å². The van der Waals surface area contributed by atoms with Crippen LogP contribution in [0.5, 0.6) is 0 Å². The van der Waals surface area contributed by atoms with Gasteiger partial charge < -0.3 is 0 Å². The Morgan fingerprint density at radius 3 is 2.94 bits per heavy atom. The van der Waals surface area contributed by atoms with Crippen molar-refractivity contribution in [2.24, 2.45) is 17.3 Å². The molecule has 3 aliphatic rings. The van der Waals surface area contributed by atoms with E-state index in [4.69, 9.17) is 0 Å². The van der Waals surface area contributed by atoms with Gasteiger partial charge in [0, 0.05) is 0 Å². The number of rotatable bonds is 1. The maximum Gasteiger partial charge on any atom is -0.0168 e. The third kappa shape index (κ3) is 1.38. The topological polar surface area (TPSA) is 0 Å². The highest BCUT2D eigenvalue weighted by Crippen LogP contribution is 2.57. The van der Waals surface area contributed by atoms with Crippen molar-refractivity contribution in [1.29, 1.82) is 0 Å². The molecule has 0 radical (unpaired) electrons. The zero-order valence-corrected chi connectivity index (χ0v) is 11.3. The van der Waals surface area contributed by atoms with E-state index in [9.17, 15) is 0 Å². The number of hydrogen-bond acceptors (Lipinski definition) is 0. The van der Waals surface area contributed by atoms with Crippen LogP contribution in [0.2, 0.25) is 0 Å². The Balaban J connectivity index is 1.72. The second-order valence-corrected chi connectivity index (χ2v) is 6.64. The summed E-state index contributed by atoms with van der Waals surface area (Å²) in [6, 6.07) is 7.00. The molecular weight excluding hydrogens is 216 g/mol. The maximum atomic E-state index is 2.53. The van der Waals surface area contributed by atoms with E-state index in [1.165, 1.54) is 38.5 Å². The van der Waals surface area contributed by atoms with Gasteiger partial charge in [0.2, 0.25) is 0 Å². The molecule has 0 aliphatic heterocycles. The molecule has 0 amide bonds. The SMILES string of the molecule is CCc1cccc2c1CCC1(C2)CC2C=CC1C2. The van der Waals surface area contributed by atoms with Crippen LogP contribution in [0.1, 0.15) is 42.9 Å². The fourth-order valence-electron chi connectivity index (χ4n) is 4.89. The Kier molecular flexibility index (Phi) is 2.24. The molecule has 3 aliphatic carbocycles. The highest BCUT2D eigenvalue weighted by Gasteiger charge is 2.49. The summed E-state index contributed by atoms with van der Waals surface area (Å²) in [6.07, 6.45) is 13.2. The van der Waals surface area contributed by atoms with Crippen LogP contribution in [0, 0.1) is 17.3 Å². The highest BCUT2D eigenvalue weighted by molar-refractivity contribution is 5.39. The van der Waals surface area contributed by atoms with Crippen molar-refractivity contribution in [1.82, 2.24) is 0 Å².